The Kier molecular flexibility index (Phi) is 4.69. The predicted molar refractivity (Wildman–Crippen MR) is 117 cm³/mol. The second kappa shape index (κ2) is 7.38. The van der Waals surface area contributed by atoms with Gasteiger partial charge < -0.3 is 9.80 Å². The molecule has 2 fully saturated rings. The third-order valence-electron chi connectivity index (χ3n) is 6.63. The summed E-state index contributed by atoms with van der Waals surface area (Å²) in [6.45, 7) is 4.98. The number of piperidine rings is 1. The molecule has 1 aromatic heterocycles. The summed E-state index contributed by atoms with van der Waals surface area (Å²) >= 11 is 0. The van der Waals surface area contributed by atoms with Crippen molar-refractivity contribution in [2.45, 2.75) is 32.7 Å². The number of fused-ring (bicyclic) bond motifs is 1. The quantitative estimate of drug-likeness (QED) is 0.636. The average molecular weight is 404 g/mol. The van der Waals surface area contributed by atoms with Crippen LogP contribution in [-0.2, 0) is 11.3 Å². The Bertz CT molecular complexity index is 1100. The fourth-order valence-corrected chi connectivity index (χ4v) is 5.12. The number of halogens is 1. The van der Waals surface area contributed by atoms with Crippen LogP contribution in [0.5, 0.6) is 0 Å². The molecule has 4 nitrogen and oxygen atoms in total. The molecule has 5 rings (SSSR count). The van der Waals surface area contributed by atoms with Crippen LogP contribution in [-0.4, -0.2) is 35.4 Å². The van der Waals surface area contributed by atoms with E-state index in [1.54, 1.807) is 12.1 Å². The molecule has 0 unspecified atom stereocenters. The van der Waals surface area contributed by atoms with Crippen LogP contribution in [0.25, 0.3) is 10.9 Å². The number of carbonyl (C=O) groups is 1. The molecule has 0 radical (unpaired) electrons. The first kappa shape index (κ1) is 19.0. The normalized spacial score (nSPS) is 21.7. The summed E-state index contributed by atoms with van der Waals surface area (Å²) in [5, 5.41) is 1.14. The molecule has 3 aromatic rings. The number of rotatable bonds is 3. The van der Waals surface area contributed by atoms with Gasteiger partial charge in [-0.05, 0) is 56.0 Å². The number of pyridine rings is 1. The van der Waals surface area contributed by atoms with Gasteiger partial charge in [0.2, 0.25) is 5.91 Å². The zero-order chi connectivity index (χ0) is 20.7. The number of aryl methyl sites for hydroxylation is 1. The summed E-state index contributed by atoms with van der Waals surface area (Å²) in [5.74, 6) is 0.00200. The van der Waals surface area contributed by atoms with Crippen molar-refractivity contribution in [3.63, 3.8) is 0 Å². The van der Waals surface area contributed by atoms with Crippen LogP contribution in [0.4, 0.5) is 10.1 Å². The molecule has 5 heteroatoms. The second-order valence-electron chi connectivity index (χ2n) is 8.71. The van der Waals surface area contributed by atoms with E-state index >= 15 is 0 Å². The molecule has 1 atom stereocenters. The maximum atomic E-state index is 13.5. The number of likely N-dealkylation sites (tertiary alicyclic amines) is 1. The van der Waals surface area contributed by atoms with E-state index in [4.69, 9.17) is 0 Å². The van der Waals surface area contributed by atoms with Gasteiger partial charge in [-0.3, -0.25) is 9.78 Å². The fraction of sp³-hybridized carbons (Fsp3) is 0.360. The number of hydrogen-bond acceptors (Lipinski definition) is 3. The Hall–Kier alpha value is -2.95. The zero-order valence-corrected chi connectivity index (χ0v) is 17.3. The summed E-state index contributed by atoms with van der Waals surface area (Å²) in [6.07, 6.45) is 2.82. The fourth-order valence-electron chi connectivity index (χ4n) is 5.12. The number of aromatic nitrogens is 1. The Morgan fingerprint density at radius 1 is 1.07 bits per heavy atom. The molecule has 2 aromatic carbocycles. The van der Waals surface area contributed by atoms with Gasteiger partial charge in [0.25, 0.3) is 0 Å². The van der Waals surface area contributed by atoms with E-state index in [-0.39, 0.29) is 17.1 Å². The number of anilines is 1. The summed E-state index contributed by atoms with van der Waals surface area (Å²) in [6, 6.07) is 16.9. The lowest BCUT2D eigenvalue weighted by Crippen LogP contribution is -2.49. The van der Waals surface area contributed by atoms with Gasteiger partial charge in [0.1, 0.15) is 5.82 Å². The van der Waals surface area contributed by atoms with E-state index < -0.39 is 0 Å². The number of hydrogen-bond donors (Lipinski definition) is 0. The highest BCUT2D eigenvalue weighted by atomic mass is 19.1. The van der Waals surface area contributed by atoms with Gasteiger partial charge >= 0.3 is 0 Å². The highest BCUT2D eigenvalue weighted by Gasteiger charge is 2.48. The molecule has 2 saturated heterocycles. The first-order chi connectivity index (χ1) is 14.5. The van der Waals surface area contributed by atoms with E-state index in [0.717, 1.165) is 61.1 Å². The molecule has 1 spiro atoms. The Morgan fingerprint density at radius 2 is 1.87 bits per heavy atom. The molecule has 30 heavy (non-hydrogen) atoms. The maximum absolute atomic E-state index is 13.5. The molecule has 0 saturated carbocycles. The third-order valence-corrected chi connectivity index (χ3v) is 6.63. The van der Waals surface area contributed by atoms with Crippen molar-refractivity contribution in [2.24, 2.45) is 5.41 Å². The van der Waals surface area contributed by atoms with Gasteiger partial charge in [-0.2, -0.15) is 0 Å². The van der Waals surface area contributed by atoms with Crippen LogP contribution in [0.2, 0.25) is 0 Å². The molecule has 1 amide bonds. The average Bonchev–Trinajstić information content (AvgIpc) is 3.17. The summed E-state index contributed by atoms with van der Waals surface area (Å²) in [5.41, 5.74) is 3.83. The van der Waals surface area contributed by atoms with Gasteiger partial charge in [-0.15, -0.1) is 0 Å². The summed E-state index contributed by atoms with van der Waals surface area (Å²) in [4.78, 5) is 22.5. The number of amides is 1. The third kappa shape index (κ3) is 3.32. The molecular formula is C25H26FN3O. The van der Waals surface area contributed by atoms with Crippen LogP contribution in [0.1, 0.15) is 30.5 Å². The molecule has 3 heterocycles. The minimum atomic E-state index is -0.323. The molecule has 2 aliphatic rings. The molecule has 2 aliphatic heterocycles. The largest absolute Gasteiger partial charge is 0.370 e. The van der Waals surface area contributed by atoms with Crippen molar-refractivity contribution in [1.29, 1.82) is 0 Å². The van der Waals surface area contributed by atoms with Crippen molar-refractivity contribution in [3.8, 4) is 0 Å². The van der Waals surface area contributed by atoms with Gasteiger partial charge in [-0.25, -0.2) is 4.39 Å². The monoisotopic (exact) mass is 403 g/mol. The van der Waals surface area contributed by atoms with Gasteiger partial charge in [0.15, 0.2) is 0 Å². The van der Waals surface area contributed by atoms with Crippen molar-refractivity contribution in [3.05, 3.63) is 71.7 Å². The first-order valence-corrected chi connectivity index (χ1v) is 10.7. The highest BCUT2D eigenvalue weighted by Crippen LogP contribution is 2.43. The van der Waals surface area contributed by atoms with Crippen molar-refractivity contribution >= 4 is 22.5 Å². The lowest BCUT2D eigenvalue weighted by atomic mass is 9.78. The maximum Gasteiger partial charge on any atom is 0.230 e. The van der Waals surface area contributed by atoms with E-state index in [1.165, 1.54) is 17.8 Å². The molecule has 0 N–H and O–H groups in total. The summed E-state index contributed by atoms with van der Waals surface area (Å²) in [7, 11) is 0. The number of carbonyl (C=O) groups excluding carboxylic acids is 1. The second-order valence-corrected chi connectivity index (χ2v) is 8.71. The van der Waals surface area contributed by atoms with Crippen LogP contribution in [0.3, 0.4) is 0 Å². The van der Waals surface area contributed by atoms with Crippen molar-refractivity contribution in [2.75, 3.05) is 24.5 Å². The SMILES string of the molecule is Cc1cc(N2CC[C@@]3(CCCN(Cc4ccc(F)cc4)C3=O)C2)c2ccccc2n1. The Morgan fingerprint density at radius 3 is 2.70 bits per heavy atom. The minimum Gasteiger partial charge on any atom is -0.370 e. The number of benzene rings is 2. The van der Waals surface area contributed by atoms with Gasteiger partial charge in [0, 0.05) is 42.9 Å². The molecule has 0 aliphatic carbocycles. The zero-order valence-electron chi connectivity index (χ0n) is 17.3. The van der Waals surface area contributed by atoms with Crippen LogP contribution in [0.15, 0.2) is 54.6 Å². The van der Waals surface area contributed by atoms with E-state index in [2.05, 4.69) is 22.0 Å². The molecular weight excluding hydrogens is 377 g/mol. The van der Waals surface area contributed by atoms with Gasteiger partial charge in [-0.1, -0.05) is 30.3 Å². The first-order valence-electron chi connectivity index (χ1n) is 10.7. The van der Waals surface area contributed by atoms with Crippen molar-refractivity contribution < 1.29 is 9.18 Å². The minimum absolute atomic E-state index is 0.244. The topological polar surface area (TPSA) is 36.4 Å². The smallest absolute Gasteiger partial charge is 0.230 e. The molecule has 154 valence electrons. The van der Waals surface area contributed by atoms with E-state index in [1.807, 2.05) is 30.0 Å². The van der Waals surface area contributed by atoms with E-state index in [9.17, 15) is 9.18 Å². The lowest BCUT2D eigenvalue weighted by Gasteiger charge is -2.39. The molecule has 0 bridgehead atoms. The summed E-state index contributed by atoms with van der Waals surface area (Å²) < 4.78 is 13.2. The van der Waals surface area contributed by atoms with Crippen LogP contribution < -0.4 is 4.90 Å². The van der Waals surface area contributed by atoms with E-state index in [0.29, 0.717) is 6.54 Å². The number of para-hydroxylation sites is 1. The Balaban J connectivity index is 1.40. The van der Waals surface area contributed by atoms with Crippen molar-refractivity contribution in [1.82, 2.24) is 9.88 Å². The highest BCUT2D eigenvalue weighted by molar-refractivity contribution is 5.93. The lowest BCUT2D eigenvalue weighted by molar-refractivity contribution is -0.145. The Labute approximate surface area is 176 Å². The predicted octanol–water partition coefficient (Wildman–Crippen LogP) is 4.70. The van der Waals surface area contributed by atoms with Gasteiger partial charge in [0.05, 0.1) is 10.9 Å². The number of nitrogens with zero attached hydrogens (tertiary/aromatic N) is 3. The standard InChI is InChI=1S/C25H26FN3O/c1-18-15-23(21-5-2-3-6-22(21)27-18)29-14-12-25(17-29)11-4-13-28(24(25)30)16-19-7-9-20(26)10-8-19/h2-3,5-10,15H,4,11-14,16-17H2,1H3/t25-/m0/s1. The van der Waals surface area contributed by atoms with Crippen LogP contribution >= 0.6 is 0 Å². The van der Waals surface area contributed by atoms with Crippen LogP contribution in [0, 0.1) is 18.2 Å².